The molecule has 1 amide bonds. The smallest absolute Gasteiger partial charge is 0.227 e. The first-order valence-corrected chi connectivity index (χ1v) is 7.57. The van der Waals surface area contributed by atoms with Crippen LogP contribution < -0.4 is 5.73 Å². The topological polar surface area (TPSA) is 55.6 Å². The minimum atomic E-state index is -0.302. The molecule has 0 aromatic heterocycles. The van der Waals surface area contributed by atoms with Crippen molar-refractivity contribution in [2.24, 2.45) is 11.7 Å². The molecule has 0 bridgehead atoms. The quantitative estimate of drug-likeness (QED) is 0.929. The van der Waals surface area contributed by atoms with Crippen molar-refractivity contribution >= 4 is 5.91 Å². The van der Waals surface area contributed by atoms with Crippen molar-refractivity contribution in [1.29, 1.82) is 0 Å². The third-order valence-corrected chi connectivity index (χ3v) is 3.99. The number of rotatable bonds is 3. The van der Waals surface area contributed by atoms with E-state index >= 15 is 0 Å². The van der Waals surface area contributed by atoms with Gasteiger partial charge in [-0.25, -0.2) is 0 Å². The summed E-state index contributed by atoms with van der Waals surface area (Å²) >= 11 is 0. The number of ether oxygens (including phenoxy) is 1. The zero-order valence-corrected chi connectivity index (χ0v) is 13.4. The molecule has 1 fully saturated rings. The molecule has 1 heterocycles. The summed E-state index contributed by atoms with van der Waals surface area (Å²) in [4.78, 5) is 14.6. The van der Waals surface area contributed by atoms with Gasteiger partial charge < -0.3 is 15.4 Å². The van der Waals surface area contributed by atoms with Gasteiger partial charge in [-0.1, -0.05) is 37.3 Å². The maximum Gasteiger partial charge on any atom is 0.227 e. The molecule has 1 aliphatic heterocycles. The van der Waals surface area contributed by atoms with E-state index in [4.69, 9.17) is 10.5 Å². The molecule has 1 aliphatic rings. The number of nitrogens with two attached hydrogens (primary N) is 1. The Bertz CT molecular complexity index is 487. The normalized spacial score (nSPS) is 24.4. The van der Waals surface area contributed by atoms with Gasteiger partial charge in [0.2, 0.25) is 5.91 Å². The molecule has 0 saturated carbocycles. The molecule has 0 aliphatic carbocycles. The van der Waals surface area contributed by atoms with Crippen LogP contribution in [0.15, 0.2) is 30.3 Å². The fourth-order valence-electron chi connectivity index (χ4n) is 3.03. The first-order chi connectivity index (χ1) is 9.80. The molecule has 21 heavy (non-hydrogen) atoms. The second kappa shape index (κ2) is 6.16. The van der Waals surface area contributed by atoms with Crippen LogP contribution in [-0.2, 0) is 9.53 Å². The molecule has 3 atom stereocenters. The maximum absolute atomic E-state index is 12.7. The van der Waals surface area contributed by atoms with Gasteiger partial charge in [-0.3, -0.25) is 4.79 Å². The van der Waals surface area contributed by atoms with Crippen molar-refractivity contribution in [1.82, 2.24) is 4.90 Å². The number of amides is 1. The van der Waals surface area contributed by atoms with Gasteiger partial charge in [0.1, 0.15) is 0 Å². The van der Waals surface area contributed by atoms with Crippen molar-refractivity contribution < 1.29 is 9.53 Å². The maximum atomic E-state index is 12.7. The molecule has 1 saturated heterocycles. The van der Waals surface area contributed by atoms with Crippen molar-refractivity contribution in [3.8, 4) is 0 Å². The Balaban J connectivity index is 2.08. The number of benzene rings is 1. The van der Waals surface area contributed by atoms with Crippen LogP contribution in [0.4, 0.5) is 0 Å². The average molecular weight is 290 g/mol. The predicted octanol–water partition coefficient (Wildman–Crippen LogP) is 2.35. The zero-order chi connectivity index (χ0) is 15.6. The van der Waals surface area contributed by atoms with Crippen LogP contribution >= 0.6 is 0 Å². The Labute approximate surface area is 127 Å². The van der Waals surface area contributed by atoms with Crippen LogP contribution in [-0.4, -0.2) is 35.6 Å². The Morgan fingerprint density at radius 2 is 2.00 bits per heavy atom. The number of carbonyl (C=O) groups is 1. The van der Waals surface area contributed by atoms with Gasteiger partial charge in [0.25, 0.3) is 0 Å². The van der Waals surface area contributed by atoms with Crippen LogP contribution in [0.2, 0.25) is 0 Å². The van der Waals surface area contributed by atoms with E-state index in [1.54, 1.807) is 0 Å². The summed E-state index contributed by atoms with van der Waals surface area (Å²) in [6, 6.07) is 9.52. The molecule has 4 nitrogen and oxygen atoms in total. The van der Waals surface area contributed by atoms with Gasteiger partial charge in [-0.15, -0.1) is 0 Å². The molecule has 3 unspecified atom stereocenters. The average Bonchev–Trinajstić information content (AvgIpc) is 2.43. The highest BCUT2D eigenvalue weighted by Crippen LogP contribution is 2.26. The van der Waals surface area contributed by atoms with Gasteiger partial charge in [0, 0.05) is 19.1 Å². The van der Waals surface area contributed by atoms with Crippen molar-refractivity contribution in [2.75, 3.05) is 13.1 Å². The molecule has 0 radical (unpaired) electrons. The van der Waals surface area contributed by atoms with Crippen LogP contribution in [0, 0.1) is 5.92 Å². The Morgan fingerprint density at radius 1 is 1.38 bits per heavy atom. The lowest BCUT2D eigenvalue weighted by Crippen LogP contribution is -2.55. The highest BCUT2D eigenvalue weighted by Gasteiger charge is 2.36. The van der Waals surface area contributed by atoms with E-state index in [1.165, 1.54) is 0 Å². The van der Waals surface area contributed by atoms with Crippen LogP contribution in [0.25, 0.3) is 0 Å². The molecule has 1 aromatic carbocycles. The molecule has 1 aromatic rings. The summed E-state index contributed by atoms with van der Waals surface area (Å²) in [5.41, 5.74) is 6.97. The standard InChI is InChI=1S/C17H26N2O2/c1-12-10-19(11-17(3,4)21-12)16(20)13(2)15(18)14-8-6-5-7-9-14/h5-9,12-13,15H,10-11,18H2,1-4H3. The minimum absolute atomic E-state index is 0.0536. The van der Waals surface area contributed by atoms with Gasteiger partial charge in [0.05, 0.1) is 17.6 Å². The lowest BCUT2D eigenvalue weighted by molar-refractivity contribution is -0.161. The van der Waals surface area contributed by atoms with Gasteiger partial charge in [0.15, 0.2) is 0 Å². The van der Waals surface area contributed by atoms with E-state index in [1.807, 2.05) is 62.9 Å². The van der Waals surface area contributed by atoms with E-state index < -0.39 is 0 Å². The van der Waals surface area contributed by atoms with Gasteiger partial charge >= 0.3 is 0 Å². The number of morpholine rings is 1. The van der Waals surface area contributed by atoms with Crippen molar-refractivity contribution in [3.63, 3.8) is 0 Å². The lowest BCUT2D eigenvalue weighted by atomic mass is 9.93. The highest BCUT2D eigenvalue weighted by molar-refractivity contribution is 5.79. The summed E-state index contributed by atoms with van der Waals surface area (Å²) in [6.07, 6.45) is 0.0536. The van der Waals surface area contributed by atoms with E-state index in [-0.39, 0.29) is 29.6 Å². The molecular formula is C17H26N2O2. The Kier molecular flexibility index (Phi) is 4.69. The van der Waals surface area contributed by atoms with Gasteiger partial charge in [-0.2, -0.15) is 0 Å². The number of nitrogens with zero attached hydrogens (tertiary/aromatic N) is 1. The van der Waals surface area contributed by atoms with E-state index in [0.29, 0.717) is 13.1 Å². The summed E-state index contributed by atoms with van der Waals surface area (Å²) in [5, 5.41) is 0. The minimum Gasteiger partial charge on any atom is -0.369 e. The highest BCUT2D eigenvalue weighted by atomic mass is 16.5. The first-order valence-electron chi connectivity index (χ1n) is 7.57. The van der Waals surface area contributed by atoms with Crippen molar-refractivity contribution in [3.05, 3.63) is 35.9 Å². The third-order valence-electron chi connectivity index (χ3n) is 3.99. The second-order valence-corrected chi connectivity index (χ2v) is 6.63. The number of hydrogen-bond acceptors (Lipinski definition) is 3. The molecule has 116 valence electrons. The lowest BCUT2D eigenvalue weighted by Gasteiger charge is -2.43. The SMILES string of the molecule is CC1CN(C(=O)C(C)C(N)c2ccccc2)CC(C)(C)O1. The number of carbonyl (C=O) groups excluding carboxylic acids is 1. The first kappa shape index (κ1) is 16.0. The fourth-order valence-corrected chi connectivity index (χ4v) is 3.03. The van der Waals surface area contributed by atoms with Crippen LogP contribution in [0.3, 0.4) is 0 Å². The second-order valence-electron chi connectivity index (χ2n) is 6.63. The fraction of sp³-hybridized carbons (Fsp3) is 0.588. The van der Waals surface area contributed by atoms with Crippen LogP contribution in [0.1, 0.15) is 39.3 Å². The summed E-state index contributed by atoms with van der Waals surface area (Å²) < 4.78 is 5.85. The van der Waals surface area contributed by atoms with E-state index in [2.05, 4.69) is 0 Å². The third kappa shape index (κ3) is 3.83. The Morgan fingerprint density at radius 3 is 2.57 bits per heavy atom. The monoisotopic (exact) mass is 290 g/mol. The van der Waals surface area contributed by atoms with Crippen LogP contribution in [0.5, 0.6) is 0 Å². The van der Waals surface area contributed by atoms with Gasteiger partial charge in [-0.05, 0) is 26.3 Å². The molecule has 2 N–H and O–H groups in total. The molecule has 2 rings (SSSR count). The largest absolute Gasteiger partial charge is 0.369 e. The van der Waals surface area contributed by atoms with E-state index in [9.17, 15) is 4.79 Å². The van der Waals surface area contributed by atoms with E-state index in [0.717, 1.165) is 5.56 Å². The Hall–Kier alpha value is -1.39. The zero-order valence-electron chi connectivity index (χ0n) is 13.4. The summed E-state index contributed by atoms with van der Waals surface area (Å²) in [7, 11) is 0. The number of hydrogen-bond donors (Lipinski definition) is 1. The molecule has 4 heteroatoms. The van der Waals surface area contributed by atoms with Crippen molar-refractivity contribution in [2.45, 2.75) is 45.4 Å². The predicted molar refractivity (Wildman–Crippen MR) is 83.7 cm³/mol. The summed E-state index contributed by atoms with van der Waals surface area (Å²) in [5.74, 6) is -0.136. The summed E-state index contributed by atoms with van der Waals surface area (Å²) in [6.45, 7) is 9.20. The molecule has 0 spiro atoms. The molecular weight excluding hydrogens is 264 g/mol.